The van der Waals surface area contributed by atoms with Gasteiger partial charge in [0.1, 0.15) is 15.9 Å². The molecular weight excluding hydrogens is 426 g/mol. The Morgan fingerprint density at radius 3 is 2.70 bits per heavy atom. The minimum atomic E-state index is -3.79. The van der Waals surface area contributed by atoms with E-state index in [1.165, 1.54) is 10.4 Å². The maximum atomic E-state index is 13.2. The lowest BCUT2D eigenvalue weighted by Gasteiger charge is -2.31. The molecule has 0 spiro atoms. The molecule has 1 aromatic heterocycles. The first-order valence-corrected chi connectivity index (χ1v) is 12.4. The van der Waals surface area contributed by atoms with Crippen LogP contribution in [0.2, 0.25) is 0 Å². The fourth-order valence-corrected chi connectivity index (χ4v) is 6.34. The normalized spacial score (nSPS) is 20.9. The first-order chi connectivity index (χ1) is 14.5. The maximum Gasteiger partial charge on any atom is 0.245 e. The second-order valence-corrected chi connectivity index (χ2v) is 10.2. The van der Waals surface area contributed by atoms with Gasteiger partial charge in [-0.05, 0) is 44.2 Å². The molecule has 2 saturated heterocycles. The fourth-order valence-electron chi connectivity index (χ4n) is 4.07. The van der Waals surface area contributed by atoms with Crippen LogP contribution in [-0.4, -0.2) is 70.9 Å². The largest absolute Gasteiger partial charge is 0.347 e. The third-order valence-corrected chi connectivity index (χ3v) is 8.18. The van der Waals surface area contributed by atoms with Crippen LogP contribution < -0.4 is 5.32 Å². The van der Waals surface area contributed by atoms with Gasteiger partial charge in [-0.15, -0.1) is 0 Å². The zero-order valence-corrected chi connectivity index (χ0v) is 18.3. The standard InChI is InChI=1S/C19H25N5O4S2/c25-17(23-9-2-1-3-10-23)12-20-19(26)14-6-5-11-24(13-14)30(27,28)16-8-4-7-15-18(16)22-29-21-15/h4,7-8,14H,1-3,5-6,9-13H2,(H,20,26). The summed E-state index contributed by atoms with van der Waals surface area (Å²) in [4.78, 5) is 26.8. The van der Waals surface area contributed by atoms with Crippen LogP contribution in [0.15, 0.2) is 23.1 Å². The molecule has 30 heavy (non-hydrogen) atoms. The molecule has 0 saturated carbocycles. The summed E-state index contributed by atoms with van der Waals surface area (Å²) in [6.07, 6.45) is 4.31. The molecule has 1 atom stereocenters. The van der Waals surface area contributed by atoms with Crippen molar-refractivity contribution in [1.29, 1.82) is 0 Å². The van der Waals surface area contributed by atoms with Crippen LogP contribution in [0, 0.1) is 5.92 Å². The molecule has 9 nitrogen and oxygen atoms in total. The number of benzene rings is 1. The molecule has 11 heteroatoms. The van der Waals surface area contributed by atoms with E-state index in [0.29, 0.717) is 30.4 Å². The average molecular weight is 452 g/mol. The van der Waals surface area contributed by atoms with E-state index in [1.54, 1.807) is 17.0 Å². The van der Waals surface area contributed by atoms with Gasteiger partial charge >= 0.3 is 0 Å². The van der Waals surface area contributed by atoms with E-state index in [1.807, 2.05) is 0 Å². The molecule has 1 N–H and O–H groups in total. The highest BCUT2D eigenvalue weighted by Gasteiger charge is 2.35. The molecule has 2 aromatic rings. The van der Waals surface area contributed by atoms with Crippen molar-refractivity contribution in [1.82, 2.24) is 23.3 Å². The first kappa shape index (κ1) is 21.1. The smallest absolute Gasteiger partial charge is 0.245 e. The van der Waals surface area contributed by atoms with E-state index in [-0.39, 0.29) is 29.8 Å². The molecule has 1 aromatic carbocycles. The third kappa shape index (κ3) is 4.33. The predicted octanol–water partition coefficient (Wildman–Crippen LogP) is 1.22. The van der Waals surface area contributed by atoms with Crippen LogP contribution in [0.4, 0.5) is 0 Å². The van der Waals surface area contributed by atoms with Crippen molar-refractivity contribution in [3.8, 4) is 0 Å². The lowest BCUT2D eigenvalue weighted by Crippen LogP contribution is -2.48. The fraction of sp³-hybridized carbons (Fsp3) is 0.579. The number of nitrogens with one attached hydrogen (secondary N) is 1. The summed E-state index contributed by atoms with van der Waals surface area (Å²) in [7, 11) is -3.79. The van der Waals surface area contributed by atoms with Crippen molar-refractivity contribution in [2.24, 2.45) is 5.92 Å². The quantitative estimate of drug-likeness (QED) is 0.731. The van der Waals surface area contributed by atoms with E-state index in [0.717, 1.165) is 44.1 Å². The van der Waals surface area contributed by atoms with Crippen molar-refractivity contribution in [3.05, 3.63) is 18.2 Å². The third-order valence-electron chi connectivity index (χ3n) is 5.74. The van der Waals surface area contributed by atoms with Gasteiger partial charge in [-0.2, -0.15) is 13.1 Å². The molecule has 2 amide bonds. The second kappa shape index (κ2) is 8.94. The van der Waals surface area contributed by atoms with E-state index in [4.69, 9.17) is 0 Å². The molecule has 162 valence electrons. The summed E-state index contributed by atoms with van der Waals surface area (Å²) in [5.74, 6) is -0.824. The number of carbonyl (C=O) groups is 2. The Balaban J connectivity index is 1.40. The number of hydrogen-bond donors (Lipinski definition) is 1. The van der Waals surface area contributed by atoms with E-state index < -0.39 is 15.9 Å². The summed E-state index contributed by atoms with van der Waals surface area (Å²) in [6.45, 7) is 1.89. The molecule has 2 aliphatic heterocycles. The van der Waals surface area contributed by atoms with Crippen molar-refractivity contribution < 1.29 is 18.0 Å². The second-order valence-electron chi connectivity index (χ2n) is 7.75. The number of likely N-dealkylation sites (tertiary alicyclic amines) is 1. The van der Waals surface area contributed by atoms with Gasteiger partial charge in [0.2, 0.25) is 21.8 Å². The highest BCUT2D eigenvalue weighted by Crippen LogP contribution is 2.28. The topological polar surface area (TPSA) is 113 Å². The molecule has 4 rings (SSSR count). The number of aromatic nitrogens is 2. The Kier molecular flexibility index (Phi) is 6.30. The molecule has 2 aliphatic rings. The highest BCUT2D eigenvalue weighted by atomic mass is 32.2. The number of rotatable bonds is 5. The van der Waals surface area contributed by atoms with Gasteiger partial charge in [0, 0.05) is 26.2 Å². The molecule has 2 fully saturated rings. The van der Waals surface area contributed by atoms with E-state index in [9.17, 15) is 18.0 Å². The number of amides is 2. The minimum absolute atomic E-state index is 0.0358. The molecule has 0 radical (unpaired) electrons. The minimum Gasteiger partial charge on any atom is -0.347 e. The van der Waals surface area contributed by atoms with Crippen LogP contribution in [0.25, 0.3) is 11.0 Å². The highest BCUT2D eigenvalue weighted by molar-refractivity contribution is 7.89. The number of hydrogen-bond acceptors (Lipinski definition) is 7. The number of nitrogens with zero attached hydrogens (tertiary/aromatic N) is 4. The van der Waals surface area contributed by atoms with Crippen LogP contribution in [0.5, 0.6) is 0 Å². The van der Waals surface area contributed by atoms with Gasteiger partial charge in [-0.1, -0.05) is 6.07 Å². The zero-order chi connectivity index (χ0) is 21.1. The van der Waals surface area contributed by atoms with Gasteiger partial charge in [0.15, 0.2) is 0 Å². The maximum absolute atomic E-state index is 13.2. The van der Waals surface area contributed by atoms with Crippen LogP contribution >= 0.6 is 11.7 Å². The number of fused-ring (bicyclic) bond motifs is 1. The predicted molar refractivity (Wildman–Crippen MR) is 112 cm³/mol. The van der Waals surface area contributed by atoms with E-state index >= 15 is 0 Å². The summed E-state index contributed by atoms with van der Waals surface area (Å²) >= 11 is 0.973. The lowest BCUT2D eigenvalue weighted by atomic mass is 9.99. The van der Waals surface area contributed by atoms with Crippen LogP contribution in [0.1, 0.15) is 32.1 Å². The number of piperidine rings is 2. The van der Waals surface area contributed by atoms with Crippen molar-refractivity contribution >= 4 is 44.6 Å². The van der Waals surface area contributed by atoms with Gasteiger partial charge in [-0.25, -0.2) is 8.42 Å². The molecule has 0 bridgehead atoms. The summed E-state index contributed by atoms with van der Waals surface area (Å²) < 4.78 is 36.0. The first-order valence-electron chi connectivity index (χ1n) is 10.2. The van der Waals surface area contributed by atoms with Crippen LogP contribution in [-0.2, 0) is 19.6 Å². The number of sulfonamides is 1. The Morgan fingerprint density at radius 2 is 1.90 bits per heavy atom. The molecule has 3 heterocycles. The van der Waals surface area contributed by atoms with Crippen molar-refractivity contribution in [2.45, 2.75) is 37.0 Å². The zero-order valence-electron chi connectivity index (χ0n) is 16.6. The molecule has 0 aliphatic carbocycles. The number of carbonyl (C=O) groups excluding carboxylic acids is 2. The van der Waals surface area contributed by atoms with Gasteiger partial charge in [0.25, 0.3) is 0 Å². The SMILES string of the molecule is O=C(NCC(=O)N1CCCCC1)C1CCCN(S(=O)(=O)c2cccc3nsnc23)C1. The molecule has 1 unspecified atom stereocenters. The van der Waals surface area contributed by atoms with Gasteiger partial charge < -0.3 is 10.2 Å². The summed E-state index contributed by atoms with van der Waals surface area (Å²) in [5.41, 5.74) is 0.907. The Morgan fingerprint density at radius 1 is 1.10 bits per heavy atom. The lowest BCUT2D eigenvalue weighted by molar-refractivity contribution is -0.134. The molecular formula is C19H25N5O4S2. The average Bonchev–Trinajstić information content (AvgIpc) is 3.26. The Bertz CT molecular complexity index is 1030. The van der Waals surface area contributed by atoms with E-state index in [2.05, 4.69) is 14.1 Å². The summed E-state index contributed by atoms with van der Waals surface area (Å²) in [5, 5.41) is 2.71. The van der Waals surface area contributed by atoms with Crippen molar-refractivity contribution in [3.63, 3.8) is 0 Å². The van der Waals surface area contributed by atoms with Crippen LogP contribution in [0.3, 0.4) is 0 Å². The van der Waals surface area contributed by atoms with Gasteiger partial charge in [0.05, 0.1) is 24.2 Å². The van der Waals surface area contributed by atoms with Gasteiger partial charge in [-0.3, -0.25) is 9.59 Å². The summed E-state index contributed by atoms with van der Waals surface area (Å²) in [6, 6.07) is 4.90. The van der Waals surface area contributed by atoms with Crippen molar-refractivity contribution in [2.75, 3.05) is 32.7 Å². The Labute approximate surface area is 179 Å². The Hall–Kier alpha value is -2.11. The monoisotopic (exact) mass is 451 g/mol.